The topological polar surface area (TPSA) is 90.9 Å². The van der Waals surface area contributed by atoms with E-state index in [0.717, 1.165) is 22.5 Å². The lowest BCUT2D eigenvalue weighted by Gasteiger charge is -2.23. The molecule has 1 amide bonds. The van der Waals surface area contributed by atoms with Crippen molar-refractivity contribution in [1.29, 1.82) is 0 Å². The van der Waals surface area contributed by atoms with Gasteiger partial charge in [-0.25, -0.2) is 9.59 Å². The zero-order valence-electron chi connectivity index (χ0n) is 19.7. The molecule has 0 unspecified atom stereocenters. The van der Waals surface area contributed by atoms with Crippen LogP contribution in [0, 0.1) is 13.8 Å². The fourth-order valence-corrected chi connectivity index (χ4v) is 4.21. The number of nitrogens with one attached hydrogen (secondary N) is 1. The summed E-state index contributed by atoms with van der Waals surface area (Å²) in [4.78, 5) is 37.7. The first-order valence-corrected chi connectivity index (χ1v) is 11.3. The van der Waals surface area contributed by atoms with Crippen LogP contribution >= 0.6 is 11.3 Å². The van der Waals surface area contributed by atoms with Gasteiger partial charge in [0.05, 0.1) is 18.8 Å². The van der Waals surface area contributed by atoms with Crippen molar-refractivity contribution in [2.45, 2.75) is 53.9 Å². The Labute approximate surface area is 193 Å². The maximum Gasteiger partial charge on any atom is 0.348 e. The molecule has 0 atom stereocenters. The highest BCUT2D eigenvalue weighted by molar-refractivity contribution is 7.18. The first kappa shape index (κ1) is 25.4. The Balaban J connectivity index is 2.25. The highest BCUT2D eigenvalue weighted by Gasteiger charge is 2.27. The Bertz CT molecular complexity index is 1000. The third-order valence-electron chi connectivity index (χ3n) is 4.64. The number of ether oxygens (including phenoxy) is 3. The van der Waals surface area contributed by atoms with Gasteiger partial charge in [-0.05, 0) is 50.3 Å². The summed E-state index contributed by atoms with van der Waals surface area (Å²) in [6.07, 6.45) is 0. The van der Waals surface area contributed by atoms with E-state index < -0.39 is 17.8 Å². The number of thiophene rings is 1. The lowest BCUT2D eigenvalue weighted by atomic mass is 9.85. The van der Waals surface area contributed by atoms with E-state index in [0.29, 0.717) is 11.3 Å². The van der Waals surface area contributed by atoms with Crippen molar-refractivity contribution in [3.8, 4) is 5.75 Å². The van der Waals surface area contributed by atoms with Gasteiger partial charge in [0.15, 0.2) is 6.61 Å². The molecule has 0 aliphatic carbocycles. The molecule has 0 saturated heterocycles. The zero-order valence-corrected chi connectivity index (χ0v) is 20.5. The van der Waals surface area contributed by atoms with Gasteiger partial charge in [-0.2, -0.15) is 0 Å². The first-order chi connectivity index (χ1) is 15.0. The molecule has 0 spiro atoms. The molecule has 2 rings (SSSR count). The van der Waals surface area contributed by atoms with E-state index in [4.69, 9.17) is 14.2 Å². The van der Waals surface area contributed by atoms with Crippen molar-refractivity contribution in [3.63, 3.8) is 0 Å². The number of carbonyl (C=O) groups is 3. The molecule has 32 heavy (non-hydrogen) atoms. The van der Waals surface area contributed by atoms with Crippen molar-refractivity contribution < 1.29 is 28.6 Å². The third-order valence-corrected chi connectivity index (χ3v) is 5.83. The second kappa shape index (κ2) is 10.6. The maximum absolute atomic E-state index is 12.7. The number of hydrogen-bond donors (Lipinski definition) is 1. The number of rotatable bonds is 8. The fourth-order valence-electron chi connectivity index (χ4n) is 3.10. The van der Waals surface area contributed by atoms with Gasteiger partial charge in [0.2, 0.25) is 0 Å². The van der Waals surface area contributed by atoms with Crippen LogP contribution in [0.5, 0.6) is 5.75 Å². The van der Waals surface area contributed by atoms with Gasteiger partial charge >= 0.3 is 11.9 Å². The smallest absolute Gasteiger partial charge is 0.348 e. The number of esters is 2. The Morgan fingerprint density at radius 3 is 2.22 bits per heavy atom. The minimum Gasteiger partial charge on any atom is -0.483 e. The molecule has 0 saturated carbocycles. The van der Waals surface area contributed by atoms with Crippen LogP contribution in [0.3, 0.4) is 0 Å². The van der Waals surface area contributed by atoms with Gasteiger partial charge in [-0.3, -0.25) is 4.79 Å². The summed E-state index contributed by atoms with van der Waals surface area (Å²) in [5, 5.41) is 2.93. The van der Waals surface area contributed by atoms with E-state index in [1.807, 2.05) is 25.1 Å². The summed E-state index contributed by atoms with van der Waals surface area (Å²) in [5.74, 6) is -0.987. The van der Waals surface area contributed by atoms with Crippen molar-refractivity contribution >= 4 is 34.2 Å². The number of aryl methyl sites for hydroxylation is 1. The largest absolute Gasteiger partial charge is 0.483 e. The molecule has 1 aromatic heterocycles. The molecule has 0 fully saturated rings. The second-order valence-corrected chi connectivity index (χ2v) is 9.31. The van der Waals surface area contributed by atoms with Gasteiger partial charge in [0.25, 0.3) is 5.91 Å². The van der Waals surface area contributed by atoms with Crippen LogP contribution in [0.15, 0.2) is 18.2 Å². The lowest BCUT2D eigenvalue weighted by molar-refractivity contribution is -0.118. The van der Waals surface area contributed by atoms with Crippen molar-refractivity contribution in [3.05, 3.63) is 45.3 Å². The molecular weight excluding hydrogens is 430 g/mol. The van der Waals surface area contributed by atoms with Gasteiger partial charge in [0.1, 0.15) is 15.6 Å². The Kier molecular flexibility index (Phi) is 8.44. The number of amides is 1. The molecule has 8 heteroatoms. The quantitative estimate of drug-likeness (QED) is 0.554. The van der Waals surface area contributed by atoms with E-state index >= 15 is 0 Å². The molecule has 1 aromatic carbocycles. The molecule has 0 aliphatic heterocycles. The van der Waals surface area contributed by atoms with Crippen LogP contribution in [-0.4, -0.2) is 37.7 Å². The third kappa shape index (κ3) is 6.09. The monoisotopic (exact) mass is 461 g/mol. The van der Waals surface area contributed by atoms with Crippen LogP contribution < -0.4 is 10.1 Å². The number of benzene rings is 1. The number of anilines is 1. The SMILES string of the molecule is CCOC(=O)c1sc(NC(=O)COc2ccc(C)cc2C(C)(C)C)c(C(=O)OCC)c1C. The van der Waals surface area contributed by atoms with E-state index in [1.54, 1.807) is 20.8 Å². The number of carbonyl (C=O) groups excluding carboxylic acids is 3. The molecule has 1 N–H and O–H groups in total. The van der Waals surface area contributed by atoms with Crippen LogP contribution in [0.4, 0.5) is 5.00 Å². The van der Waals surface area contributed by atoms with Crippen molar-refractivity contribution in [1.82, 2.24) is 0 Å². The molecule has 0 bridgehead atoms. The first-order valence-electron chi connectivity index (χ1n) is 10.5. The van der Waals surface area contributed by atoms with Crippen molar-refractivity contribution in [2.24, 2.45) is 0 Å². The average molecular weight is 462 g/mol. The van der Waals surface area contributed by atoms with E-state index in [2.05, 4.69) is 26.1 Å². The Morgan fingerprint density at radius 1 is 1.00 bits per heavy atom. The van der Waals surface area contributed by atoms with E-state index in [9.17, 15) is 14.4 Å². The van der Waals surface area contributed by atoms with Crippen LogP contribution in [0.2, 0.25) is 0 Å². The van der Waals surface area contributed by atoms with Gasteiger partial charge in [-0.1, -0.05) is 38.5 Å². The summed E-state index contributed by atoms with van der Waals surface area (Å²) in [6, 6.07) is 5.82. The van der Waals surface area contributed by atoms with Crippen LogP contribution in [0.1, 0.15) is 71.3 Å². The minimum atomic E-state index is -0.610. The number of hydrogen-bond acceptors (Lipinski definition) is 7. The maximum atomic E-state index is 12.7. The highest BCUT2D eigenvalue weighted by atomic mass is 32.1. The van der Waals surface area contributed by atoms with Gasteiger partial charge < -0.3 is 19.5 Å². The molecule has 0 radical (unpaired) electrons. The predicted molar refractivity (Wildman–Crippen MR) is 125 cm³/mol. The average Bonchev–Trinajstić information content (AvgIpc) is 3.02. The van der Waals surface area contributed by atoms with E-state index in [1.165, 1.54) is 0 Å². The van der Waals surface area contributed by atoms with Crippen LogP contribution in [0.25, 0.3) is 0 Å². The molecular formula is C24H31NO6S. The Hall–Kier alpha value is -2.87. The normalized spacial score (nSPS) is 11.1. The second-order valence-electron chi connectivity index (χ2n) is 8.29. The van der Waals surface area contributed by atoms with E-state index in [-0.39, 0.29) is 40.7 Å². The standard InChI is InChI=1S/C24H31NO6S/c1-8-29-22(27)19-15(4)20(23(28)30-9-2)32-21(19)25-18(26)13-31-17-11-10-14(3)12-16(17)24(5,6)7/h10-12H,8-9,13H2,1-7H3,(H,25,26). The summed E-state index contributed by atoms with van der Waals surface area (Å²) < 4.78 is 16.0. The Morgan fingerprint density at radius 2 is 1.62 bits per heavy atom. The minimum absolute atomic E-state index is 0.152. The molecule has 2 aromatic rings. The van der Waals surface area contributed by atoms with Gasteiger partial charge in [0, 0.05) is 0 Å². The van der Waals surface area contributed by atoms with Crippen molar-refractivity contribution in [2.75, 3.05) is 25.1 Å². The van der Waals surface area contributed by atoms with Crippen LogP contribution in [-0.2, 0) is 19.7 Å². The summed E-state index contributed by atoms with van der Waals surface area (Å²) in [5.41, 5.74) is 2.50. The van der Waals surface area contributed by atoms with Gasteiger partial charge in [-0.15, -0.1) is 11.3 Å². The lowest BCUT2D eigenvalue weighted by Crippen LogP contribution is -2.22. The highest BCUT2D eigenvalue weighted by Crippen LogP contribution is 2.35. The predicted octanol–water partition coefficient (Wildman–Crippen LogP) is 5.03. The zero-order chi connectivity index (χ0) is 24.1. The molecule has 0 aliphatic rings. The molecule has 1 heterocycles. The molecule has 7 nitrogen and oxygen atoms in total. The summed E-state index contributed by atoms with van der Waals surface area (Å²) in [6.45, 7) is 13.4. The molecule has 174 valence electrons. The summed E-state index contributed by atoms with van der Waals surface area (Å²) in [7, 11) is 0. The summed E-state index contributed by atoms with van der Waals surface area (Å²) >= 11 is 0.985. The fraction of sp³-hybridized carbons (Fsp3) is 0.458.